The van der Waals surface area contributed by atoms with Crippen LogP contribution < -0.4 is 4.90 Å². The van der Waals surface area contributed by atoms with Gasteiger partial charge in [-0.1, -0.05) is 0 Å². The molecule has 0 unspecified atom stereocenters. The van der Waals surface area contributed by atoms with E-state index in [4.69, 9.17) is 0 Å². The first-order valence-electron chi connectivity index (χ1n) is 6.20. The van der Waals surface area contributed by atoms with Gasteiger partial charge in [-0.05, 0) is 44.1 Å². The normalized spacial score (nSPS) is 19.6. The van der Waals surface area contributed by atoms with Crippen LogP contribution in [0.3, 0.4) is 0 Å². The molecular formula is C13H16N2S. The van der Waals surface area contributed by atoms with Crippen molar-refractivity contribution in [2.45, 2.75) is 38.5 Å². The summed E-state index contributed by atoms with van der Waals surface area (Å²) >= 11 is 1.89. The SMILES string of the molecule is N#Cc1c(N2CCCC2)sc2c1CCCC2. The molecule has 0 atom stereocenters. The summed E-state index contributed by atoms with van der Waals surface area (Å²) in [6.45, 7) is 2.29. The molecule has 0 amide bonds. The third-order valence-corrected chi connectivity index (χ3v) is 5.01. The van der Waals surface area contributed by atoms with E-state index in [2.05, 4.69) is 11.0 Å². The van der Waals surface area contributed by atoms with Crippen molar-refractivity contribution in [2.24, 2.45) is 0 Å². The molecule has 0 spiro atoms. The molecular weight excluding hydrogens is 216 g/mol. The fraction of sp³-hybridized carbons (Fsp3) is 0.615. The first-order chi connectivity index (χ1) is 7.90. The molecule has 3 rings (SSSR count). The smallest absolute Gasteiger partial charge is 0.110 e. The zero-order valence-electron chi connectivity index (χ0n) is 9.46. The van der Waals surface area contributed by atoms with Crippen molar-refractivity contribution in [3.05, 3.63) is 16.0 Å². The minimum atomic E-state index is 1.00. The highest BCUT2D eigenvalue weighted by Crippen LogP contribution is 2.40. The lowest BCUT2D eigenvalue weighted by Gasteiger charge is -2.15. The zero-order chi connectivity index (χ0) is 11.0. The maximum atomic E-state index is 9.35. The van der Waals surface area contributed by atoms with Crippen LogP contribution in [0, 0.1) is 11.3 Å². The van der Waals surface area contributed by atoms with E-state index in [1.807, 2.05) is 11.3 Å². The average molecular weight is 232 g/mol. The van der Waals surface area contributed by atoms with Crippen LogP contribution in [0.15, 0.2) is 0 Å². The third-order valence-electron chi connectivity index (χ3n) is 3.66. The van der Waals surface area contributed by atoms with Gasteiger partial charge in [0.1, 0.15) is 11.1 Å². The molecule has 2 heterocycles. The Kier molecular flexibility index (Phi) is 2.61. The van der Waals surface area contributed by atoms with Crippen molar-refractivity contribution >= 4 is 16.3 Å². The highest BCUT2D eigenvalue weighted by molar-refractivity contribution is 7.16. The quantitative estimate of drug-likeness (QED) is 0.744. The minimum Gasteiger partial charge on any atom is -0.362 e. The van der Waals surface area contributed by atoms with Gasteiger partial charge in [-0.3, -0.25) is 0 Å². The fourth-order valence-electron chi connectivity index (χ4n) is 2.81. The Balaban J connectivity index is 2.04. The molecule has 84 valence electrons. The molecule has 1 aromatic rings. The maximum Gasteiger partial charge on any atom is 0.110 e. The van der Waals surface area contributed by atoms with Gasteiger partial charge in [0.05, 0.1) is 5.56 Å². The van der Waals surface area contributed by atoms with Gasteiger partial charge in [0.25, 0.3) is 0 Å². The summed E-state index contributed by atoms with van der Waals surface area (Å²) in [4.78, 5) is 3.91. The topological polar surface area (TPSA) is 27.0 Å². The lowest BCUT2D eigenvalue weighted by atomic mass is 9.96. The number of fused-ring (bicyclic) bond motifs is 1. The Bertz CT molecular complexity index is 436. The van der Waals surface area contributed by atoms with Gasteiger partial charge in [0.2, 0.25) is 0 Å². The fourth-order valence-corrected chi connectivity index (χ4v) is 4.20. The Morgan fingerprint density at radius 1 is 1.06 bits per heavy atom. The highest BCUT2D eigenvalue weighted by Gasteiger charge is 2.25. The van der Waals surface area contributed by atoms with E-state index >= 15 is 0 Å². The number of aryl methyl sites for hydroxylation is 1. The lowest BCUT2D eigenvalue weighted by Crippen LogP contribution is -2.17. The molecule has 1 aliphatic carbocycles. The first-order valence-corrected chi connectivity index (χ1v) is 7.01. The second-order valence-electron chi connectivity index (χ2n) is 4.70. The number of anilines is 1. The van der Waals surface area contributed by atoms with E-state index < -0.39 is 0 Å². The van der Waals surface area contributed by atoms with Gasteiger partial charge in [-0.25, -0.2) is 0 Å². The molecule has 0 saturated carbocycles. The predicted molar refractivity (Wildman–Crippen MR) is 67.1 cm³/mol. The molecule has 2 nitrogen and oxygen atoms in total. The number of thiophene rings is 1. The minimum absolute atomic E-state index is 1.00. The third kappa shape index (κ3) is 1.53. The zero-order valence-corrected chi connectivity index (χ0v) is 10.3. The number of nitrogens with zero attached hydrogens (tertiary/aromatic N) is 2. The Morgan fingerprint density at radius 3 is 2.56 bits per heavy atom. The van der Waals surface area contributed by atoms with Crippen molar-refractivity contribution in [1.29, 1.82) is 5.26 Å². The summed E-state index contributed by atoms with van der Waals surface area (Å²) in [6, 6.07) is 2.45. The second-order valence-corrected chi connectivity index (χ2v) is 5.78. The summed E-state index contributed by atoms with van der Waals surface area (Å²) in [7, 11) is 0. The van der Waals surface area contributed by atoms with Crippen LogP contribution in [0.4, 0.5) is 5.00 Å². The maximum absolute atomic E-state index is 9.35. The summed E-state index contributed by atoms with van der Waals surface area (Å²) in [6.07, 6.45) is 7.46. The second kappa shape index (κ2) is 4.10. The van der Waals surface area contributed by atoms with Crippen LogP contribution in [0.25, 0.3) is 0 Å². The molecule has 0 radical (unpaired) electrons. The molecule has 3 heteroatoms. The molecule has 0 aromatic carbocycles. The molecule has 0 bridgehead atoms. The lowest BCUT2D eigenvalue weighted by molar-refractivity contribution is 0.696. The Labute approximate surface area is 100 Å². The van der Waals surface area contributed by atoms with Crippen LogP contribution in [-0.2, 0) is 12.8 Å². The van der Waals surface area contributed by atoms with Gasteiger partial charge in [0, 0.05) is 18.0 Å². The van der Waals surface area contributed by atoms with Crippen molar-refractivity contribution in [2.75, 3.05) is 18.0 Å². The van der Waals surface area contributed by atoms with E-state index in [0.29, 0.717) is 0 Å². The number of hydrogen-bond acceptors (Lipinski definition) is 3. The van der Waals surface area contributed by atoms with Crippen LogP contribution in [0.5, 0.6) is 0 Å². The van der Waals surface area contributed by atoms with Crippen molar-refractivity contribution in [3.63, 3.8) is 0 Å². The molecule has 1 saturated heterocycles. The number of rotatable bonds is 1. The standard InChI is InChI=1S/C13H16N2S/c14-9-11-10-5-1-2-6-12(10)16-13(11)15-7-3-4-8-15/h1-8H2. The summed E-state index contributed by atoms with van der Waals surface area (Å²) < 4.78 is 0. The molecule has 0 N–H and O–H groups in total. The van der Waals surface area contributed by atoms with Crippen LogP contribution in [0.2, 0.25) is 0 Å². The Morgan fingerprint density at radius 2 is 1.81 bits per heavy atom. The summed E-state index contributed by atoms with van der Waals surface area (Å²) in [5.74, 6) is 0. The summed E-state index contributed by atoms with van der Waals surface area (Å²) in [5, 5.41) is 10.6. The van der Waals surface area contributed by atoms with E-state index in [9.17, 15) is 5.26 Å². The van der Waals surface area contributed by atoms with Crippen LogP contribution in [0.1, 0.15) is 41.7 Å². The monoisotopic (exact) mass is 232 g/mol. The van der Waals surface area contributed by atoms with Crippen LogP contribution in [-0.4, -0.2) is 13.1 Å². The van der Waals surface area contributed by atoms with Crippen molar-refractivity contribution < 1.29 is 0 Å². The van der Waals surface area contributed by atoms with Gasteiger partial charge < -0.3 is 4.90 Å². The largest absolute Gasteiger partial charge is 0.362 e. The highest BCUT2D eigenvalue weighted by atomic mass is 32.1. The molecule has 2 aliphatic rings. The van der Waals surface area contributed by atoms with E-state index in [1.165, 1.54) is 47.5 Å². The van der Waals surface area contributed by atoms with Crippen molar-refractivity contribution in [1.82, 2.24) is 0 Å². The van der Waals surface area contributed by atoms with E-state index in [0.717, 1.165) is 25.1 Å². The average Bonchev–Trinajstić information content (AvgIpc) is 2.95. The Hall–Kier alpha value is -1.01. The first kappa shape index (κ1) is 10.2. The number of nitriles is 1. The number of hydrogen-bond donors (Lipinski definition) is 0. The van der Waals surface area contributed by atoms with Gasteiger partial charge in [-0.15, -0.1) is 11.3 Å². The van der Waals surface area contributed by atoms with E-state index in [1.54, 1.807) is 0 Å². The molecule has 16 heavy (non-hydrogen) atoms. The van der Waals surface area contributed by atoms with Crippen molar-refractivity contribution in [3.8, 4) is 6.07 Å². The van der Waals surface area contributed by atoms with Crippen LogP contribution >= 0.6 is 11.3 Å². The predicted octanol–water partition coefficient (Wildman–Crippen LogP) is 3.10. The summed E-state index contributed by atoms with van der Waals surface area (Å²) in [5.41, 5.74) is 2.38. The molecule has 1 aliphatic heterocycles. The van der Waals surface area contributed by atoms with Gasteiger partial charge in [0.15, 0.2) is 0 Å². The molecule has 1 fully saturated rings. The molecule has 1 aromatic heterocycles. The van der Waals surface area contributed by atoms with Gasteiger partial charge >= 0.3 is 0 Å². The van der Waals surface area contributed by atoms with Gasteiger partial charge in [-0.2, -0.15) is 5.26 Å². The van der Waals surface area contributed by atoms with E-state index in [-0.39, 0.29) is 0 Å².